The van der Waals surface area contributed by atoms with Crippen molar-refractivity contribution in [3.8, 4) is 5.69 Å². The molecule has 0 aliphatic heterocycles. The van der Waals surface area contributed by atoms with Gasteiger partial charge in [0, 0.05) is 5.69 Å². The summed E-state index contributed by atoms with van der Waals surface area (Å²) in [7, 11) is 0. The third kappa shape index (κ3) is 3.03. The third-order valence-electron chi connectivity index (χ3n) is 3.82. The highest BCUT2D eigenvalue weighted by molar-refractivity contribution is 6.04. The van der Waals surface area contributed by atoms with E-state index in [4.69, 9.17) is 0 Å². The van der Waals surface area contributed by atoms with E-state index in [1.165, 1.54) is 16.8 Å². The smallest absolute Gasteiger partial charge is 0.278 e. The maximum atomic E-state index is 13.0. The van der Waals surface area contributed by atoms with Crippen LogP contribution in [-0.2, 0) is 0 Å². The van der Waals surface area contributed by atoms with Crippen molar-refractivity contribution < 1.29 is 9.18 Å². The molecule has 2 aromatic carbocycles. The zero-order valence-corrected chi connectivity index (χ0v) is 13.7. The lowest BCUT2D eigenvalue weighted by Crippen LogP contribution is -2.15. The Balaban J connectivity index is 1.89. The lowest BCUT2D eigenvalue weighted by Gasteiger charge is -2.08. The predicted molar refractivity (Wildman–Crippen MR) is 89.9 cm³/mol. The van der Waals surface area contributed by atoms with E-state index >= 15 is 0 Å². The van der Waals surface area contributed by atoms with E-state index in [1.807, 2.05) is 32.0 Å². The van der Waals surface area contributed by atoms with Crippen molar-refractivity contribution in [3.05, 3.63) is 70.8 Å². The lowest BCUT2D eigenvalue weighted by atomic mass is 10.1. The number of nitrogens with one attached hydrogen (secondary N) is 1. The second-order valence-corrected chi connectivity index (χ2v) is 5.68. The number of anilines is 1. The number of hydrogen-bond donors (Lipinski definition) is 1. The van der Waals surface area contributed by atoms with Crippen LogP contribution in [0, 0.1) is 26.6 Å². The van der Waals surface area contributed by atoms with E-state index < -0.39 is 0 Å². The van der Waals surface area contributed by atoms with Crippen LogP contribution in [0.4, 0.5) is 10.1 Å². The van der Waals surface area contributed by atoms with Crippen molar-refractivity contribution in [2.75, 3.05) is 5.32 Å². The van der Waals surface area contributed by atoms with Gasteiger partial charge in [0.05, 0.1) is 11.4 Å². The van der Waals surface area contributed by atoms with Gasteiger partial charge in [-0.3, -0.25) is 4.79 Å². The maximum absolute atomic E-state index is 13.0. The van der Waals surface area contributed by atoms with Crippen LogP contribution in [0.3, 0.4) is 0 Å². The summed E-state index contributed by atoms with van der Waals surface area (Å²) < 4.78 is 14.6. The number of halogens is 1. The fourth-order valence-corrected chi connectivity index (χ4v) is 2.42. The number of benzene rings is 2. The van der Waals surface area contributed by atoms with Crippen LogP contribution in [0.1, 0.15) is 27.3 Å². The topological polar surface area (TPSA) is 59.8 Å². The first-order valence-electron chi connectivity index (χ1n) is 7.52. The lowest BCUT2D eigenvalue weighted by molar-refractivity contribution is 0.102. The number of amides is 1. The second kappa shape index (κ2) is 6.23. The van der Waals surface area contributed by atoms with Gasteiger partial charge in [-0.15, -0.1) is 5.10 Å². The molecule has 0 aliphatic rings. The van der Waals surface area contributed by atoms with Crippen LogP contribution in [-0.4, -0.2) is 20.9 Å². The highest BCUT2D eigenvalue weighted by atomic mass is 19.1. The Morgan fingerprint density at radius 2 is 1.79 bits per heavy atom. The molecule has 24 heavy (non-hydrogen) atoms. The quantitative estimate of drug-likeness (QED) is 0.801. The van der Waals surface area contributed by atoms with Crippen molar-refractivity contribution in [3.63, 3.8) is 0 Å². The summed E-state index contributed by atoms with van der Waals surface area (Å²) in [5, 5.41) is 10.8. The fraction of sp³-hybridized carbons (Fsp3) is 0.167. The van der Waals surface area contributed by atoms with Crippen molar-refractivity contribution in [2.45, 2.75) is 20.8 Å². The minimum atomic E-state index is -0.329. The van der Waals surface area contributed by atoms with E-state index in [9.17, 15) is 9.18 Å². The van der Waals surface area contributed by atoms with Crippen LogP contribution < -0.4 is 5.32 Å². The molecule has 3 rings (SSSR count). The molecule has 0 bridgehead atoms. The van der Waals surface area contributed by atoms with Gasteiger partial charge in [-0.1, -0.05) is 17.3 Å². The summed E-state index contributed by atoms with van der Waals surface area (Å²) in [6.07, 6.45) is 0. The Labute approximate surface area is 139 Å². The molecular weight excluding hydrogens is 307 g/mol. The summed E-state index contributed by atoms with van der Waals surface area (Å²) in [6, 6.07) is 11.7. The minimum Gasteiger partial charge on any atom is -0.320 e. The Kier molecular flexibility index (Phi) is 4.12. The molecule has 0 unspecified atom stereocenters. The van der Waals surface area contributed by atoms with Gasteiger partial charge in [-0.2, -0.15) is 0 Å². The number of carbonyl (C=O) groups excluding carboxylic acids is 1. The van der Waals surface area contributed by atoms with Gasteiger partial charge in [0.1, 0.15) is 5.82 Å². The number of nitrogens with zero attached hydrogens (tertiary/aromatic N) is 3. The molecule has 1 N–H and O–H groups in total. The number of rotatable bonds is 3. The summed E-state index contributed by atoms with van der Waals surface area (Å²) in [4.78, 5) is 12.5. The molecule has 0 fully saturated rings. The Morgan fingerprint density at radius 1 is 1.08 bits per heavy atom. The van der Waals surface area contributed by atoms with Gasteiger partial charge in [0.25, 0.3) is 5.91 Å². The normalized spacial score (nSPS) is 10.7. The first kappa shape index (κ1) is 15.9. The molecule has 1 aromatic heterocycles. The van der Waals surface area contributed by atoms with Crippen LogP contribution in [0.5, 0.6) is 0 Å². The monoisotopic (exact) mass is 324 g/mol. The molecule has 0 radical (unpaired) electrons. The highest BCUT2D eigenvalue weighted by Crippen LogP contribution is 2.19. The van der Waals surface area contributed by atoms with E-state index in [-0.39, 0.29) is 17.4 Å². The highest BCUT2D eigenvalue weighted by Gasteiger charge is 2.18. The van der Waals surface area contributed by atoms with Crippen molar-refractivity contribution in [1.29, 1.82) is 0 Å². The first-order valence-corrected chi connectivity index (χ1v) is 7.52. The van der Waals surface area contributed by atoms with Gasteiger partial charge >= 0.3 is 0 Å². The molecule has 6 heteroatoms. The predicted octanol–water partition coefficient (Wildman–Crippen LogP) is 3.58. The van der Waals surface area contributed by atoms with Crippen LogP contribution in [0.15, 0.2) is 42.5 Å². The van der Waals surface area contributed by atoms with E-state index in [2.05, 4.69) is 15.6 Å². The molecule has 0 spiro atoms. The molecule has 0 atom stereocenters. The van der Waals surface area contributed by atoms with Crippen LogP contribution in [0.25, 0.3) is 5.69 Å². The molecule has 0 saturated carbocycles. The van der Waals surface area contributed by atoms with Gasteiger partial charge in [-0.25, -0.2) is 9.07 Å². The number of hydrogen-bond acceptors (Lipinski definition) is 3. The number of aryl methyl sites for hydroxylation is 2. The van der Waals surface area contributed by atoms with Crippen molar-refractivity contribution in [1.82, 2.24) is 15.0 Å². The van der Waals surface area contributed by atoms with Crippen molar-refractivity contribution in [2.24, 2.45) is 0 Å². The second-order valence-electron chi connectivity index (χ2n) is 5.68. The average molecular weight is 324 g/mol. The first-order chi connectivity index (χ1) is 11.5. The average Bonchev–Trinajstić information content (AvgIpc) is 2.93. The molecule has 3 aromatic rings. The van der Waals surface area contributed by atoms with Crippen LogP contribution >= 0.6 is 0 Å². The molecule has 5 nitrogen and oxygen atoms in total. The Hall–Kier alpha value is -3.02. The SMILES string of the molecule is Cc1ccc(C)c(NC(=O)c2nnn(-c3ccc(F)cc3)c2C)c1. The summed E-state index contributed by atoms with van der Waals surface area (Å²) >= 11 is 0. The zero-order valence-electron chi connectivity index (χ0n) is 13.7. The largest absolute Gasteiger partial charge is 0.320 e. The van der Waals surface area contributed by atoms with Crippen LogP contribution in [0.2, 0.25) is 0 Å². The van der Waals surface area contributed by atoms with Gasteiger partial charge < -0.3 is 5.32 Å². The van der Waals surface area contributed by atoms with Gasteiger partial charge in [0.15, 0.2) is 5.69 Å². The minimum absolute atomic E-state index is 0.236. The van der Waals surface area contributed by atoms with Gasteiger partial charge in [-0.05, 0) is 62.2 Å². The number of carbonyl (C=O) groups is 1. The third-order valence-corrected chi connectivity index (χ3v) is 3.82. The summed E-state index contributed by atoms with van der Waals surface area (Å²) in [5.41, 5.74) is 4.24. The Bertz CT molecular complexity index is 900. The maximum Gasteiger partial charge on any atom is 0.278 e. The zero-order chi connectivity index (χ0) is 17.3. The molecular formula is C18H17FN4O. The van der Waals surface area contributed by atoms with E-state index in [1.54, 1.807) is 19.1 Å². The summed E-state index contributed by atoms with van der Waals surface area (Å²) in [6.45, 7) is 5.64. The van der Waals surface area contributed by atoms with Gasteiger partial charge in [0.2, 0.25) is 0 Å². The molecule has 1 heterocycles. The Morgan fingerprint density at radius 3 is 2.50 bits per heavy atom. The fourth-order valence-electron chi connectivity index (χ4n) is 2.42. The number of aromatic nitrogens is 3. The molecule has 122 valence electrons. The van der Waals surface area contributed by atoms with Crippen molar-refractivity contribution >= 4 is 11.6 Å². The standard InChI is InChI=1S/C18H17FN4O/c1-11-4-5-12(2)16(10-11)20-18(24)17-13(3)23(22-21-17)15-8-6-14(19)7-9-15/h4-10H,1-3H3,(H,20,24). The van der Waals surface area contributed by atoms with E-state index in [0.29, 0.717) is 11.4 Å². The molecule has 0 aliphatic carbocycles. The molecule has 0 saturated heterocycles. The molecule has 1 amide bonds. The van der Waals surface area contributed by atoms with E-state index in [0.717, 1.165) is 16.8 Å². The summed E-state index contributed by atoms with van der Waals surface area (Å²) in [5.74, 6) is -0.654.